The fourth-order valence-electron chi connectivity index (χ4n) is 1.89. The van der Waals surface area contributed by atoms with E-state index in [2.05, 4.69) is 63.7 Å². The number of aliphatic hydroxyl groups excluding tert-OH is 6. The molecular formula is C24H48Br3N3O9. The van der Waals surface area contributed by atoms with Gasteiger partial charge in [-0.2, -0.15) is 0 Å². The summed E-state index contributed by atoms with van der Waals surface area (Å²) in [5.41, 5.74) is -1.87. The maximum atomic E-state index is 11.6. The number of hydrogen-bond acceptors (Lipinski definition) is 9. The van der Waals surface area contributed by atoms with Crippen molar-refractivity contribution >= 4 is 65.5 Å². The van der Waals surface area contributed by atoms with Crippen molar-refractivity contribution in [1.82, 2.24) is 16.0 Å². The van der Waals surface area contributed by atoms with E-state index in [1.165, 1.54) is 0 Å². The summed E-state index contributed by atoms with van der Waals surface area (Å²) in [5, 5.41) is 61.0. The molecule has 0 atom stereocenters. The van der Waals surface area contributed by atoms with Gasteiger partial charge in [0.05, 0.1) is 69.7 Å². The lowest BCUT2D eigenvalue weighted by molar-refractivity contribution is -0.126. The second-order valence-corrected chi connectivity index (χ2v) is 16.6. The van der Waals surface area contributed by atoms with Crippen LogP contribution in [0.15, 0.2) is 0 Å². The van der Waals surface area contributed by atoms with Crippen LogP contribution in [0.3, 0.4) is 0 Å². The SMILES string of the molecule is CC(C)(Br)C(=O)NC(CO)CO.CC(CO)(CO)NC(=O)C(C)(C)Br.CCC(CO)(CO)NC(=O)C(C)(C)Br. The number of amides is 3. The molecule has 0 bridgehead atoms. The molecule has 9 N–H and O–H groups in total. The van der Waals surface area contributed by atoms with Crippen molar-refractivity contribution in [2.24, 2.45) is 0 Å². The first-order chi connectivity index (χ1) is 17.5. The Balaban J connectivity index is -0.000000500. The van der Waals surface area contributed by atoms with Gasteiger partial charge in [0.15, 0.2) is 0 Å². The van der Waals surface area contributed by atoms with Gasteiger partial charge in [-0.25, -0.2) is 0 Å². The van der Waals surface area contributed by atoms with Crippen LogP contribution in [0.25, 0.3) is 0 Å². The first-order valence-corrected chi connectivity index (χ1v) is 14.5. The maximum absolute atomic E-state index is 11.6. The van der Waals surface area contributed by atoms with Crippen LogP contribution >= 0.6 is 47.8 Å². The molecule has 15 heteroatoms. The molecule has 0 unspecified atom stereocenters. The normalized spacial score (nSPS) is 12.5. The second-order valence-electron chi connectivity index (χ2n) is 10.7. The number of halogens is 3. The van der Waals surface area contributed by atoms with E-state index < -0.39 is 30.1 Å². The van der Waals surface area contributed by atoms with Crippen molar-refractivity contribution in [2.75, 3.05) is 39.6 Å². The lowest BCUT2D eigenvalue weighted by Crippen LogP contribution is -2.57. The number of alkyl halides is 3. The predicted molar refractivity (Wildman–Crippen MR) is 161 cm³/mol. The third-order valence-corrected chi connectivity index (χ3v) is 6.25. The van der Waals surface area contributed by atoms with Crippen LogP contribution in [-0.4, -0.2) is 118 Å². The minimum absolute atomic E-state index is 0.248. The highest BCUT2D eigenvalue weighted by molar-refractivity contribution is 9.10. The molecule has 0 radical (unpaired) electrons. The fraction of sp³-hybridized carbons (Fsp3) is 0.875. The van der Waals surface area contributed by atoms with Gasteiger partial charge in [0, 0.05) is 0 Å². The summed E-state index contributed by atoms with van der Waals surface area (Å²) in [7, 11) is 0. The van der Waals surface area contributed by atoms with Gasteiger partial charge in [-0.1, -0.05) is 54.7 Å². The highest BCUT2D eigenvalue weighted by Gasteiger charge is 2.34. The summed E-state index contributed by atoms with van der Waals surface area (Å²) in [6, 6.07) is -0.575. The molecule has 0 saturated carbocycles. The van der Waals surface area contributed by atoms with Crippen molar-refractivity contribution in [2.45, 2.75) is 91.9 Å². The van der Waals surface area contributed by atoms with E-state index in [0.29, 0.717) is 6.42 Å². The van der Waals surface area contributed by atoms with Crippen molar-refractivity contribution in [3.8, 4) is 0 Å². The number of rotatable bonds is 13. The number of carbonyl (C=O) groups is 3. The quantitative estimate of drug-likeness (QED) is 0.116. The van der Waals surface area contributed by atoms with Gasteiger partial charge >= 0.3 is 0 Å². The Morgan fingerprint density at radius 2 is 0.949 bits per heavy atom. The summed E-state index contributed by atoms with van der Waals surface area (Å²) < 4.78 is -2.06. The van der Waals surface area contributed by atoms with Gasteiger partial charge < -0.3 is 46.6 Å². The molecule has 0 aliphatic carbocycles. The van der Waals surface area contributed by atoms with E-state index in [1.807, 2.05) is 0 Å². The molecule has 0 aromatic carbocycles. The van der Waals surface area contributed by atoms with E-state index in [-0.39, 0.29) is 57.4 Å². The van der Waals surface area contributed by atoms with Gasteiger partial charge in [-0.15, -0.1) is 0 Å². The molecule has 0 fully saturated rings. The smallest absolute Gasteiger partial charge is 0.236 e. The Labute approximate surface area is 257 Å². The van der Waals surface area contributed by atoms with Gasteiger partial charge in [0.2, 0.25) is 17.7 Å². The Morgan fingerprint density at radius 3 is 1.18 bits per heavy atom. The van der Waals surface area contributed by atoms with Crippen LogP contribution in [0.1, 0.15) is 61.8 Å². The highest BCUT2D eigenvalue weighted by atomic mass is 79.9. The average molecular weight is 762 g/mol. The zero-order chi connectivity index (χ0) is 31.9. The Hall–Kier alpha value is -0.390. The monoisotopic (exact) mass is 759 g/mol. The fourth-order valence-corrected chi connectivity index (χ4v) is 2.20. The van der Waals surface area contributed by atoms with Gasteiger partial charge in [0.25, 0.3) is 0 Å². The third-order valence-electron chi connectivity index (χ3n) is 5.17. The van der Waals surface area contributed by atoms with Crippen LogP contribution in [0, 0.1) is 0 Å². The largest absolute Gasteiger partial charge is 0.394 e. The summed E-state index contributed by atoms with van der Waals surface area (Å²) in [6.45, 7) is 11.9. The molecule has 0 aliphatic rings. The van der Waals surface area contributed by atoms with E-state index in [9.17, 15) is 14.4 Å². The third kappa shape index (κ3) is 18.6. The molecule has 12 nitrogen and oxygen atoms in total. The Kier molecular flexibility index (Phi) is 20.9. The molecule has 0 heterocycles. The van der Waals surface area contributed by atoms with Crippen molar-refractivity contribution in [3.05, 3.63) is 0 Å². The zero-order valence-electron chi connectivity index (χ0n) is 24.1. The number of hydrogen-bond donors (Lipinski definition) is 9. The van der Waals surface area contributed by atoms with Crippen molar-refractivity contribution in [3.63, 3.8) is 0 Å². The Morgan fingerprint density at radius 1 is 0.615 bits per heavy atom. The summed E-state index contributed by atoms with van der Waals surface area (Å²) >= 11 is 9.54. The molecule has 234 valence electrons. The van der Waals surface area contributed by atoms with Gasteiger partial charge in [-0.05, 0) is 54.9 Å². The minimum Gasteiger partial charge on any atom is -0.394 e. The lowest BCUT2D eigenvalue weighted by Gasteiger charge is -2.32. The first kappa shape index (κ1) is 43.1. The molecule has 0 aliphatic heterocycles. The molecule has 0 saturated heterocycles. The molecule has 0 aromatic rings. The number of carbonyl (C=O) groups excluding carboxylic acids is 3. The van der Waals surface area contributed by atoms with Crippen LogP contribution < -0.4 is 16.0 Å². The maximum Gasteiger partial charge on any atom is 0.236 e. The van der Waals surface area contributed by atoms with Gasteiger partial charge in [0.1, 0.15) is 0 Å². The zero-order valence-corrected chi connectivity index (χ0v) is 28.8. The average Bonchev–Trinajstić information content (AvgIpc) is 2.84. The van der Waals surface area contributed by atoms with Crippen LogP contribution in [0.5, 0.6) is 0 Å². The van der Waals surface area contributed by atoms with E-state index >= 15 is 0 Å². The Bertz CT molecular complexity index is 717. The predicted octanol–water partition coefficient (Wildman–Crippen LogP) is 0.0582. The molecule has 39 heavy (non-hydrogen) atoms. The molecular weight excluding hydrogens is 714 g/mol. The molecule has 0 rings (SSSR count). The highest BCUT2D eigenvalue weighted by Crippen LogP contribution is 2.19. The van der Waals surface area contributed by atoms with Crippen LogP contribution in [-0.2, 0) is 14.4 Å². The summed E-state index contributed by atoms with van der Waals surface area (Å²) in [4.78, 5) is 34.2. The van der Waals surface area contributed by atoms with E-state index in [0.717, 1.165) is 0 Å². The second kappa shape index (κ2) is 18.9. The standard InChI is InChI=1S/C9H18BrNO3.C8H16BrNO3.C7H14BrNO3/c1-4-9(5-12,6-13)11-7(14)8(2,3)10;1-7(2,9)6(13)10-8(3,4-11)5-12;1-7(2,8)6(12)9-5(3-10)4-11/h12-13H,4-6H2,1-3H3,(H,11,14);11-12H,4-5H2,1-3H3,(H,10,13);5,10-11H,3-4H2,1-2H3,(H,9,12). The number of aliphatic hydroxyl groups is 6. The molecule has 3 amide bonds. The van der Waals surface area contributed by atoms with Crippen LogP contribution in [0.2, 0.25) is 0 Å². The minimum atomic E-state index is -0.956. The van der Waals surface area contributed by atoms with Crippen molar-refractivity contribution in [1.29, 1.82) is 0 Å². The number of nitrogens with one attached hydrogen (secondary N) is 3. The molecule has 0 spiro atoms. The van der Waals surface area contributed by atoms with E-state index in [4.69, 9.17) is 30.6 Å². The van der Waals surface area contributed by atoms with Crippen LogP contribution in [0.4, 0.5) is 0 Å². The summed E-state index contributed by atoms with van der Waals surface area (Å²) in [5.74, 6) is -0.767. The lowest BCUT2D eigenvalue weighted by atomic mass is 9.97. The van der Waals surface area contributed by atoms with E-state index in [1.54, 1.807) is 55.4 Å². The summed E-state index contributed by atoms with van der Waals surface area (Å²) in [6.07, 6.45) is 0.481. The van der Waals surface area contributed by atoms with Crippen molar-refractivity contribution < 1.29 is 45.0 Å². The first-order valence-electron chi connectivity index (χ1n) is 12.2. The van der Waals surface area contributed by atoms with Gasteiger partial charge in [-0.3, -0.25) is 14.4 Å². The topological polar surface area (TPSA) is 209 Å². The molecule has 0 aromatic heterocycles.